The molecule has 0 saturated carbocycles. The molecule has 3 heterocycles. The van der Waals surface area contributed by atoms with Crippen molar-refractivity contribution in [1.29, 1.82) is 0 Å². The van der Waals surface area contributed by atoms with Crippen molar-refractivity contribution in [3.05, 3.63) is 42.1 Å². The van der Waals surface area contributed by atoms with Crippen LogP contribution in [0.1, 0.15) is 25.3 Å². The minimum atomic E-state index is 0.0762. The predicted octanol–water partition coefficient (Wildman–Crippen LogP) is 2.66. The van der Waals surface area contributed by atoms with E-state index in [1.807, 2.05) is 17.2 Å². The monoisotopic (exact) mass is 338 g/mol. The number of hydrogen-bond donors (Lipinski definition) is 1. The standard InChI is InChI=1S/C20H26N4O/c1-15-13-23-12-4-8-18(23)14-24(15)20(25)22-11-9-17-6-2-5-16-7-3-10-21-19(16)17/h2-3,5-7,10,15,18H,4,8-9,11-14H2,1H3,(H,22,25). The van der Waals surface area contributed by atoms with Gasteiger partial charge in [-0.25, -0.2) is 4.79 Å². The minimum Gasteiger partial charge on any atom is -0.338 e. The number of pyridine rings is 1. The lowest BCUT2D eigenvalue weighted by atomic mass is 10.1. The summed E-state index contributed by atoms with van der Waals surface area (Å²) in [6, 6.07) is 11.2. The molecule has 4 rings (SSSR count). The van der Waals surface area contributed by atoms with Gasteiger partial charge in [-0.3, -0.25) is 9.88 Å². The van der Waals surface area contributed by atoms with E-state index in [-0.39, 0.29) is 12.1 Å². The predicted molar refractivity (Wildman–Crippen MR) is 99.6 cm³/mol. The quantitative estimate of drug-likeness (QED) is 0.936. The molecule has 2 saturated heterocycles. The maximum atomic E-state index is 12.6. The van der Waals surface area contributed by atoms with E-state index in [9.17, 15) is 4.79 Å². The van der Waals surface area contributed by atoms with Crippen LogP contribution in [0.15, 0.2) is 36.5 Å². The van der Waals surface area contributed by atoms with Gasteiger partial charge in [-0.15, -0.1) is 0 Å². The van der Waals surface area contributed by atoms with Gasteiger partial charge in [0, 0.05) is 43.3 Å². The van der Waals surface area contributed by atoms with Crippen molar-refractivity contribution in [2.75, 3.05) is 26.2 Å². The summed E-state index contributed by atoms with van der Waals surface area (Å²) in [5.41, 5.74) is 2.22. The maximum Gasteiger partial charge on any atom is 0.317 e. The second-order valence-corrected chi connectivity index (χ2v) is 7.27. The molecule has 2 unspecified atom stereocenters. The summed E-state index contributed by atoms with van der Waals surface area (Å²) < 4.78 is 0. The van der Waals surface area contributed by atoms with E-state index in [1.165, 1.54) is 24.9 Å². The van der Waals surface area contributed by atoms with E-state index in [2.05, 4.69) is 46.4 Å². The van der Waals surface area contributed by atoms with Crippen molar-refractivity contribution in [3.8, 4) is 0 Å². The van der Waals surface area contributed by atoms with Crippen molar-refractivity contribution >= 4 is 16.9 Å². The molecule has 25 heavy (non-hydrogen) atoms. The molecule has 2 aliphatic rings. The SMILES string of the molecule is CC1CN2CCCC2CN1C(=O)NCCc1cccc2cccnc12. The molecule has 0 aliphatic carbocycles. The topological polar surface area (TPSA) is 48.5 Å². The zero-order chi connectivity index (χ0) is 17.2. The molecular weight excluding hydrogens is 312 g/mol. The van der Waals surface area contributed by atoms with Gasteiger partial charge in [0.1, 0.15) is 0 Å². The van der Waals surface area contributed by atoms with Gasteiger partial charge in [-0.05, 0) is 44.4 Å². The molecule has 5 heteroatoms. The number of piperazine rings is 1. The van der Waals surface area contributed by atoms with E-state index in [0.29, 0.717) is 12.6 Å². The first-order valence-corrected chi connectivity index (χ1v) is 9.33. The highest BCUT2D eigenvalue weighted by Crippen LogP contribution is 2.24. The van der Waals surface area contributed by atoms with Crippen LogP contribution in [-0.4, -0.2) is 59.1 Å². The fraction of sp³-hybridized carbons (Fsp3) is 0.500. The van der Waals surface area contributed by atoms with Crippen LogP contribution in [0.2, 0.25) is 0 Å². The lowest BCUT2D eigenvalue weighted by Crippen LogP contribution is -2.59. The minimum absolute atomic E-state index is 0.0762. The number of benzene rings is 1. The fourth-order valence-electron chi connectivity index (χ4n) is 4.25. The van der Waals surface area contributed by atoms with Crippen molar-refractivity contribution in [3.63, 3.8) is 0 Å². The fourth-order valence-corrected chi connectivity index (χ4v) is 4.25. The van der Waals surface area contributed by atoms with Gasteiger partial charge in [0.2, 0.25) is 0 Å². The molecule has 0 spiro atoms. The number of carbonyl (C=O) groups is 1. The Morgan fingerprint density at radius 2 is 2.16 bits per heavy atom. The lowest BCUT2D eigenvalue weighted by Gasteiger charge is -2.42. The normalized spacial score (nSPS) is 23.6. The van der Waals surface area contributed by atoms with Gasteiger partial charge < -0.3 is 10.2 Å². The Kier molecular flexibility index (Phi) is 4.57. The highest BCUT2D eigenvalue weighted by atomic mass is 16.2. The third-order valence-electron chi connectivity index (χ3n) is 5.59. The van der Waals surface area contributed by atoms with E-state index in [1.54, 1.807) is 0 Å². The number of nitrogens with one attached hydrogen (secondary N) is 1. The molecule has 0 bridgehead atoms. The largest absolute Gasteiger partial charge is 0.338 e. The van der Waals surface area contributed by atoms with Crippen LogP contribution >= 0.6 is 0 Å². The number of para-hydroxylation sites is 1. The Hall–Kier alpha value is -2.14. The summed E-state index contributed by atoms with van der Waals surface area (Å²) in [5.74, 6) is 0. The van der Waals surface area contributed by atoms with Crippen LogP contribution in [-0.2, 0) is 6.42 Å². The number of carbonyl (C=O) groups excluding carboxylic acids is 1. The molecule has 2 amide bonds. The molecular formula is C20H26N4O. The molecule has 0 radical (unpaired) electrons. The number of nitrogens with zero attached hydrogens (tertiary/aromatic N) is 3. The van der Waals surface area contributed by atoms with Crippen molar-refractivity contribution in [2.45, 2.75) is 38.3 Å². The molecule has 2 aliphatic heterocycles. The molecule has 132 valence electrons. The van der Waals surface area contributed by atoms with Crippen LogP contribution in [0.4, 0.5) is 4.79 Å². The van der Waals surface area contributed by atoms with Gasteiger partial charge in [-0.1, -0.05) is 24.3 Å². The summed E-state index contributed by atoms with van der Waals surface area (Å²) in [5, 5.41) is 4.27. The third-order valence-corrected chi connectivity index (χ3v) is 5.59. The lowest BCUT2D eigenvalue weighted by molar-refractivity contribution is 0.0805. The first-order chi connectivity index (χ1) is 12.2. The molecule has 2 atom stereocenters. The van der Waals surface area contributed by atoms with Crippen molar-refractivity contribution < 1.29 is 4.79 Å². The number of hydrogen-bond acceptors (Lipinski definition) is 3. The highest BCUT2D eigenvalue weighted by Gasteiger charge is 2.36. The first-order valence-electron chi connectivity index (χ1n) is 9.33. The molecule has 5 nitrogen and oxygen atoms in total. The first kappa shape index (κ1) is 16.3. The zero-order valence-corrected chi connectivity index (χ0v) is 14.8. The van der Waals surface area contributed by atoms with Crippen LogP contribution in [0.25, 0.3) is 10.9 Å². The van der Waals surface area contributed by atoms with E-state index in [4.69, 9.17) is 0 Å². The second kappa shape index (κ2) is 7.00. The van der Waals surface area contributed by atoms with Crippen LogP contribution in [0.5, 0.6) is 0 Å². The average molecular weight is 338 g/mol. The summed E-state index contributed by atoms with van der Waals surface area (Å²) in [4.78, 5) is 21.7. The van der Waals surface area contributed by atoms with E-state index in [0.717, 1.165) is 30.4 Å². The third kappa shape index (κ3) is 3.33. The number of amides is 2. The number of rotatable bonds is 3. The zero-order valence-electron chi connectivity index (χ0n) is 14.8. The number of fused-ring (bicyclic) bond motifs is 2. The Morgan fingerprint density at radius 1 is 1.28 bits per heavy atom. The highest BCUT2D eigenvalue weighted by molar-refractivity contribution is 5.81. The van der Waals surface area contributed by atoms with E-state index < -0.39 is 0 Å². The van der Waals surface area contributed by atoms with E-state index >= 15 is 0 Å². The summed E-state index contributed by atoms with van der Waals surface area (Å²) in [7, 11) is 0. The Labute approximate surface area is 149 Å². The molecule has 1 aromatic carbocycles. The number of urea groups is 1. The van der Waals surface area contributed by atoms with Crippen LogP contribution in [0.3, 0.4) is 0 Å². The van der Waals surface area contributed by atoms with Gasteiger partial charge >= 0.3 is 6.03 Å². The maximum absolute atomic E-state index is 12.6. The molecule has 2 aromatic rings. The summed E-state index contributed by atoms with van der Waals surface area (Å²) >= 11 is 0. The Bertz CT molecular complexity index is 757. The van der Waals surface area contributed by atoms with Gasteiger partial charge in [0.05, 0.1) is 5.52 Å². The van der Waals surface area contributed by atoms with Crippen LogP contribution in [0, 0.1) is 0 Å². The summed E-state index contributed by atoms with van der Waals surface area (Å²) in [6.45, 7) is 5.86. The van der Waals surface area contributed by atoms with Crippen LogP contribution < -0.4 is 5.32 Å². The Morgan fingerprint density at radius 3 is 3.08 bits per heavy atom. The smallest absolute Gasteiger partial charge is 0.317 e. The average Bonchev–Trinajstić information content (AvgIpc) is 3.08. The number of aromatic nitrogens is 1. The molecule has 2 fully saturated rings. The van der Waals surface area contributed by atoms with Gasteiger partial charge in [0.25, 0.3) is 0 Å². The summed E-state index contributed by atoms with van der Waals surface area (Å²) in [6.07, 6.45) is 5.12. The van der Waals surface area contributed by atoms with Gasteiger partial charge in [0.15, 0.2) is 0 Å². The van der Waals surface area contributed by atoms with Crippen molar-refractivity contribution in [2.24, 2.45) is 0 Å². The Balaban J connectivity index is 1.35. The molecule has 1 aromatic heterocycles. The van der Waals surface area contributed by atoms with Gasteiger partial charge in [-0.2, -0.15) is 0 Å². The molecule has 1 N–H and O–H groups in total. The van der Waals surface area contributed by atoms with Crippen molar-refractivity contribution in [1.82, 2.24) is 20.1 Å². The second-order valence-electron chi connectivity index (χ2n) is 7.27.